The number of hydrogen-bond acceptors (Lipinski definition) is 4. The number of benzene rings is 10. The Morgan fingerprint density at radius 3 is 1.62 bits per heavy atom. The number of thiophene rings is 1. The molecule has 3 nitrogen and oxygen atoms in total. The standard InChI is InChI=1S/C57H35N3S/c1-2-13-36(14-3-1)40-18-10-19-41(33-40)42-29-28-38-17-11-24-49(52(38)35-42)55-58-56(60-57(59-55)51-25-12-23-48-47-22-8-9-26-53(47)61-54(48)51)50-32-31-44(45-20-6-7-21-46(45)50)43-30-27-37-15-4-5-16-39(37)34-43/h1-35H. The van der Waals surface area contributed by atoms with E-state index < -0.39 is 0 Å². The van der Waals surface area contributed by atoms with E-state index in [1.165, 1.54) is 53.2 Å². The highest BCUT2D eigenvalue weighted by Gasteiger charge is 2.20. The molecule has 0 aliphatic rings. The van der Waals surface area contributed by atoms with Gasteiger partial charge in [0.2, 0.25) is 0 Å². The fraction of sp³-hybridized carbons (Fsp3) is 0. The van der Waals surface area contributed by atoms with Crippen LogP contribution in [-0.2, 0) is 0 Å². The molecule has 0 saturated carbocycles. The second kappa shape index (κ2) is 14.5. The number of fused-ring (bicyclic) bond motifs is 6. The van der Waals surface area contributed by atoms with Crippen molar-refractivity contribution in [1.29, 1.82) is 0 Å². The maximum absolute atomic E-state index is 5.40. The van der Waals surface area contributed by atoms with Crippen molar-refractivity contribution < 1.29 is 0 Å². The van der Waals surface area contributed by atoms with E-state index in [1.54, 1.807) is 11.3 Å². The average Bonchev–Trinajstić information content (AvgIpc) is 3.72. The van der Waals surface area contributed by atoms with Crippen molar-refractivity contribution in [2.45, 2.75) is 0 Å². The van der Waals surface area contributed by atoms with Crippen LogP contribution in [0.15, 0.2) is 212 Å². The Labute approximate surface area is 356 Å². The zero-order valence-corrected chi connectivity index (χ0v) is 33.8. The second-order valence-corrected chi connectivity index (χ2v) is 16.6. The third-order valence-electron chi connectivity index (χ3n) is 11.9. The summed E-state index contributed by atoms with van der Waals surface area (Å²) in [6, 6.07) is 75.9. The van der Waals surface area contributed by atoms with Crippen LogP contribution in [0, 0.1) is 0 Å². The minimum Gasteiger partial charge on any atom is -0.208 e. The van der Waals surface area contributed by atoms with Crippen LogP contribution >= 0.6 is 11.3 Å². The van der Waals surface area contributed by atoms with E-state index in [4.69, 9.17) is 15.0 Å². The van der Waals surface area contributed by atoms with Gasteiger partial charge in [0.15, 0.2) is 17.5 Å². The van der Waals surface area contributed by atoms with Gasteiger partial charge in [0, 0.05) is 36.9 Å². The van der Waals surface area contributed by atoms with Crippen LogP contribution in [0.3, 0.4) is 0 Å². The van der Waals surface area contributed by atoms with Crippen LogP contribution in [0.1, 0.15) is 0 Å². The molecule has 12 aromatic rings. The van der Waals surface area contributed by atoms with Crippen molar-refractivity contribution in [3.05, 3.63) is 212 Å². The van der Waals surface area contributed by atoms with Crippen molar-refractivity contribution in [2.75, 3.05) is 0 Å². The second-order valence-electron chi connectivity index (χ2n) is 15.5. The van der Waals surface area contributed by atoms with Gasteiger partial charge in [-0.1, -0.05) is 176 Å². The summed E-state index contributed by atoms with van der Waals surface area (Å²) in [4.78, 5) is 16.2. The van der Waals surface area contributed by atoms with Crippen LogP contribution in [0.5, 0.6) is 0 Å². The van der Waals surface area contributed by atoms with Crippen LogP contribution in [0.2, 0.25) is 0 Å². The molecule has 2 heterocycles. The van der Waals surface area contributed by atoms with Crippen molar-refractivity contribution in [3.8, 4) is 67.5 Å². The lowest BCUT2D eigenvalue weighted by atomic mass is 9.93. The molecule has 0 spiro atoms. The van der Waals surface area contributed by atoms with Gasteiger partial charge in [-0.2, -0.15) is 0 Å². The maximum Gasteiger partial charge on any atom is 0.165 e. The summed E-state index contributed by atoms with van der Waals surface area (Å²) in [5, 5.41) is 9.36. The van der Waals surface area contributed by atoms with E-state index in [1.807, 2.05) is 0 Å². The third-order valence-corrected chi connectivity index (χ3v) is 13.2. The van der Waals surface area contributed by atoms with Gasteiger partial charge < -0.3 is 0 Å². The lowest BCUT2D eigenvalue weighted by Crippen LogP contribution is -2.01. The monoisotopic (exact) mass is 793 g/mol. The molecular formula is C57H35N3S. The predicted molar refractivity (Wildman–Crippen MR) is 258 cm³/mol. The number of hydrogen-bond donors (Lipinski definition) is 0. The Balaban J connectivity index is 1.07. The van der Waals surface area contributed by atoms with Gasteiger partial charge in [-0.3, -0.25) is 0 Å². The summed E-state index contributed by atoms with van der Waals surface area (Å²) in [6.07, 6.45) is 0. The van der Waals surface area contributed by atoms with Crippen molar-refractivity contribution in [1.82, 2.24) is 15.0 Å². The molecule has 0 radical (unpaired) electrons. The molecule has 61 heavy (non-hydrogen) atoms. The minimum absolute atomic E-state index is 0.640. The SMILES string of the molecule is c1ccc(-c2cccc(-c3ccc4cccc(-c5nc(-c6ccc(-c7ccc8ccccc8c7)c7ccccc67)nc(-c6cccc7c6sc6ccccc67)n5)c4c3)c2)cc1. The van der Waals surface area contributed by atoms with Gasteiger partial charge in [-0.05, 0) is 102 Å². The van der Waals surface area contributed by atoms with Gasteiger partial charge >= 0.3 is 0 Å². The fourth-order valence-corrected chi connectivity index (χ4v) is 10.1. The Bertz CT molecular complexity index is 3660. The zero-order chi connectivity index (χ0) is 40.3. The van der Waals surface area contributed by atoms with E-state index in [9.17, 15) is 0 Å². The Hall–Kier alpha value is -7.79. The quantitative estimate of drug-likeness (QED) is 0.168. The van der Waals surface area contributed by atoms with E-state index in [2.05, 4.69) is 212 Å². The number of nitrogens with zero attached hydrogens (tertiary/aromatic N) is 3. The minimum atomic E-state index is 0.640. The lowest BCUT2D eigenvalue weighted by molar-refractivity contribution is 1.08. The molecule has 0 unspecified atom stereocenters. The molecule has 0 atom stereocenters. The molecule has 2 aromatic heterocycles. The van der Waals surface area contributed by atoms with Gasteiger partial charge in [-0.25, -0.2) is 15.0 Å². The molecule has 10 aromatic carbocycles. The van der Waals surface area contributed by atoms with E-state index in [0.29, 0.717) is 17.5 Å². The zero-order valence-electron chi connectivity index (χ0n) is 33.0. The Morgan fingerprint density at radius 2 is 0.787 bits per heavy atom. The van der Waals surface area contributed by atoms with Gasteiger partial charge in [0.1, 0.15) is 0 Å². The molecule has 0 bridgehead atoms. The first-order valence-electron chi connectivity index (χ1n) is 20.6. The summed E-state index contributed by atoms with van der Waals surface area (Å²) < 4.78 is 2.41. The number of aromatic nitrogens is 3. The predicted octanol–water partition coefficient (Wildman–Crippen LogP) is 15.7. The largest absolute Gasteiger partial charge is 0.208 e. The normalized spacial score (nSPS) is 11.6. The summed E-state index contributed by atoms with van der Waals surface area (Å²) in [6.45, 7) is 0. The highest BCUT2D eigenvalue weighted by Crippen LogP contribution is 2.42. The van der Waals surface area contributed by atoms with Gasteiger partial charge in [0.25, 0.3) is 0 Å². The van der Waals surface area contributed by atoms with E-state index >= 15 is 0 Å². The summed E-state index contributed by atoms with van der Waals surface area (Å²) >= 11 is 1.79. The van der Waals surface area contributed by atoms with Crippen molar-refractivity contribution in [2.24, 2.45) is 0 Å². The first kappa shape index (κ1) is 35.2. The topological polar surface area (TPSA) is 38.7 Å². The molecule has 284 valence electrons. The smallest absolute Gasteiger partial charge is 0.165 e. The summed E-state index contributed by atoms with van der Waals surface area (Å²) in [5.41, 5.74) is 9.95. The Kier molecular flexibility index (Phi) is 8.36. The fourth-order valence-electron chi connectivity index (χ4n) is 8.92. The first-order valence-corrected chi connectivity index (χ1v) is 21.4. The molecule has 12 rings (SSSR count). The van der Waals surface area contributed by atoms with Crippen LogP contribution < -0.4 is 0 Å². The van der Waals surface area contributed by atoms with E-state index in [-0.39, 0.29) is 0 Å². The lowest BCUT2D eigenvalue weighted by Gasteiger charge is -2.14. The van der Waals surface area contributed by atoms with Crippen LogP contribution in [0.25, 0.3) is 120 Å². The van der Waals surface area contributed by atoms with Crippen molar-refractivity contribution in [3.63, 3.8) is 0 Å². The highest BCUT2D eigenvalue weighted by molar-refractivity contribution is 7.26. The van der Waals surface area contributed by atoms with Crippen molar-refractivity contribution >= 4 is 63.8 Å². The molecule has 0 fully saturated rings. The maximum atomic E-state index is 5.40. The molecule has 0 N–H and O–H groups in total. The average molecular weight is 794 g/mol. The third kappa shape index (κ3) is 6.16. The van der Waals surface area contributed by atoms with Gasteiger partial charge in [-0.15, -0.1) is 11.3 Å². The molecule has 4 heteroatoms. The molecule has 0 aliphatic heterocycles. The number of rotatable bonds is 6. The molecular weight excluding hydrogens is 759 g/mol. The molecule has 0 saturated heterocycles. The Morgan fingerprint density at radius 1 is 0.262 bits per heavy atom. The van der Waals surface area contributed by atoms with Crippen LogP contribution in [-0.4, -0.2) is 15.0 Å². The van der Waals surface area contributed by atoms with Gasteiger partial charge in [0.05, 0.1) is 0 Å². The first-order chi connectivity index (χ1) is 30.2. The van der Waals surface area contributed by atoms with Crippen LogP contribution in [0.4, 0.5) is 0 Å². The highest BCUT2D eigenvalue weighted by atomic mass is 32.1. The van der Waals surface area contributed by atoms with E-state index in [0.717, 1.165) is 49.4 Å². The molecule has 0 amide bonds. The molecule has 0 aliphatic carbocycles. The summed E-state index contributed by atoms with van der Waals surface area (Å²) in [7, 11) is 0. The summed E-state index contributed by atoms with van der Waals surface area (Å²) in [5.74, 6) is 1.94.